The van der Waals surface area contributed by atoms with Gasteiger partial charge in [0, 0.05) is 5.56 Å². The van der Waals surface area contributed by atoms with E-state index in [-0.39, 0.29) is 11.1 Å². The molecular weight excluding hydrogens is 248 g/mol. The van der Waals surface area contributed by atoms with Crippen LogP contribution in [0.3, 0.4) is 0 Å². The van der Waals surface area contributed by atoms with Gasteiger partial charge in [-0.3, -0.25) is 0 Å². The molecule has 1 rings (SSSR count). The minimum absolute atomic E-state index is 0.131. The van der Waals surface area contributed by atoms with E-state index in [4.69, 9.17) is 10.8 Å². The van der Waals surface area contributed by atoms with Gasteiger partial charge in [-0.2, -0.15) is 0 Å². The first-order valence-corrected chi connectivity index (χ1v) is 9.49. The molecule has 102 valence electrons. The van der Waals surface area contributed by atoms with E-state index in [1.165, 1.54) is 0 Å². The number of hydrogen-bond donors (Lipinski definition) is 0. The first-order chi connectivity index (χ1) is 8.73. The van der Waals surface area contributed by atoms with Crippen LogP contribution < -0.4 is 0 Å². The van der Waals surface area contributed by atoms with Gasteiger partial charge in [0.15, 0.2) is 8.32 Å². The molecule has 0 aromatic heterocycles. The van der Waals surface area contributed by atoms with Crippen LogP contribution in [-0.4, -0.2) is 8.32 Å². The predicted octanol–water partition coefficient (Wildman–Crippen LogP) is 4.92. The molecule has 0 N–H and O–H groups in total. The van der Waals surface area contributed by atoms with Gasteiger partial charge in [0.05, 0.1) is 6.10 Å². The van der Waals surface area contributed by atoms with Crippen molar-refractivity contribution in [2.24, 2.45) is 0 Å². The van der Waals surface area contributed by atoms with Crippen LogP contribution >= 0.6 is 0 Å². The first-order valence-electron chi connectivity index (χ1n) is 6.59. The summed E-state index contributed by atoms with van der Waals surface area (Å²) in [6.07, 6.45) is 7.28. The van der Waals surface area contributed by atoms with Crippen LogP contribution in [0.5, 0.6) is 0 Å². The Balaban J connectivity index is 3.10. The smallest absolute Gasteiger partial charge is 0.193 e. The van der Waals surface area contributed by atoms with Crippen LogP contribution in [0.4, 0.5) is 0 Å². The van der Waals surface area contributed by atoms with E-state index >= 15 is 0 Å². The number of hydrogen-bond acceptors (Lipinski definition) is 1. The Morgan fingerprint density at radius 1 is 1.32 bits per heavy atom. The number of rotatable bonds is 4. The van der Waals surface area contributed by atoms with Gasteiger partial charge >= 0.3 is 0 Å². The zero-order valence-electron chi connectivity index (χ0n) is 12.7. The zero-order chi connectivity index (χ0) is 14.7. The van der Waals surface area contributed by atoms with E-state index in [0.717, 1.165) is 11.1 Å². The van der Waals surface area contributed by atoms with Crippen molar-refractivity contribution in [1.82, 2.24) is 0 Å². The summed E-state index contributed by atoms with van der Waals surface area (Å²) in [4.78, 5) is 0. The molecule has 1 atom stereocenters. The summed E-state index contributed by atoms with van der Waals surface area (Å²) in [6, 6.07) is 7.91. The summed E-state index contributed by atoms with van der Waals surface area (Å²) in [6.45, 7) is 15.1. The molecule has 0 saturated carbocycles. The predicted molar refractivity (Wildman–Crippen MR) is 85.6 cm³/mol. The molecule has 0 spiro atoms. The fourth-order valence-electron chi connectivity index (χ4n) is 1.61. The molecule has 1 aromatic carbocycles. The van der Waals surface area contributed by atoms with Crippen LogP contribution in [-0.2, 0) is 4.43 Å². The Morgan fingerprint density at radius 3 is 2.37 bits per heavy atom. The van der Waals surface area contributed by atoms with E-state index in [2.05, 4.69) is 46.4 Å². The highest BCUT2D eigenvalue weighted by atomic mass is 28.4. The van der Waals surface area contributed by atoms with Gasteiger partial charge in [0.2, 0.25) is 0 Å². The molecule has 0 bridgehead atoms. The molecule has 0 fully saturated rings. The average Bonchev–Trinajstić information content (AvgIpc) is 2.34. The van der Waals surface area contributed by atoms with Gasteiger partial charge in [0.25, 0.3) is 0 Å². The molecule has 0 saturated heterocycles. The molecule has 0 aliphatic carbocycles. The van der Waals surface area contributed by atoms with E-state index in [1.807, 2.05) is 30.3 Å². The largest absolute Gasteiger partial charge is 0.406 e. The fraction of sp³-hybridized carbons (Fsp3) is 0.412. The van der Waals surface area contributed by atoms with Crippen LogP contribution in [0.25, 0.3) is 0 Å². The molecule has 1 unspecified atom stereocenters. The van der Waals surface area contributed by atoms with E-state index in [1.54, 1.807) is 0 Å². The SMILES string of the molecule is C#Cc1ccccc1C(C=C)O[Si](C)(C)C(C)(C)C. The lowest BCUT2D eigenvalue weighted by Crippen LogP contribution is -2.41. The lowest BCUT2D eigenvalue weighted by Gasteiger charge is -2.38. The summed E-state index contributed by atoms with van der Waals surface area (Å²) in [7, 11) is -1.85. The van der Waals surface area contributed by atoms with Crippen molar-refractivity contribution < 1.29 is 4.43 Å². The topological polar surface area (TPSA) is 9.23 Å². The number of terminal acetylenes is 1. The maximum Gasteiger partial charge on any atom is 0.193 e. The van der Waals surface area contributed by atoms with Crippen LogP contribution in [0.2, 0.25) is 18.1 Å². The molecule has 0 radical (unpaired) electrons. The second-order valence-corrected chi connectivity index (χ2v) is 11.0. The average molecular weight is 272 g/mol. The Labute approximate surface area is 118 Å². The molecule has 0 aliphatic rings. The Morgan fingerprint density at radius 2 is 1.89 bits per heavy atom. The maximum absolute atomic E-state index is 6.41. The molecule has 0 aliphatic heterocycles. The number of benzene rings is 1. The van der Waals surface area contributed by atoms with Gasteiger partial charge in [-0.15, -0.1) is 13.0 Å². The quantitative estimate of drug-likeness (QED) is 0.429. The lowest BCUT2D eigenvalue weighted by atomic mass is 10.0. The summed E-state index contributed by atoms with van der Waals surface area (Å²) in [5.74, 6) is 2.72. The van der Waals surface area contributed by atoms with E-state index in [0.29, 0.717) is 0 Å². The van der Waals surface area contributed by atoms with Crippen molar-refractivity contribution in [2.75, 3.05) is 0 Å². The van der Waals surface area contributed by atoms with Gasteiger partial charge in [-0.1, -0.05) is 51.0 Å². The third-order valence-corrected chi connectivity index (χ3v) is 8.32. The maximum atomic E-state index is 6.41. The lowest BCUT2D eigenvalue weighted by molar-refractivity contribution is 0.229. The van der Waals surface area contributed by atoms with Crippen molar-refractivity contribution in [3.63, 3.8) is 0 Å². The highest BCUT2D eigenvalue weighted by molar-refractivity contribution is 6.74. The molecule has 0 amide bonds. The van der Waals surface area contributed by atoms with Gasteiger partial charge in [-0.25, -0.2) is 0 Å². The first kappa shape index (κ1) is 15.8. The van der Waals surface area contributed by atoms with Gasteiger partial charge in [0.1, 0.15) is 0 Å². The highest BCUT2D eigenvalue weighted by Gasteiger charge is 2.39. The van der Waals surface area contributed by atoms with Crippen molar-refractivity contribution in [2.45, 2.75) is 45.0 Å². The van der Waals surface area contributed by atoms with Gasteiger partial charge in [-0.05, 0) is 29.8 Å². The summed E-state index contributed by atoms with van der Waals surface area (Å²) in [5, 5.41) is 0.166. The Bertz CT molecular complexity index is 489. The second-order valence-electron chi connectivity index (χ2n) is 6.27. The molecule has 1 aromatic rings. The summed E-state index contributed by atoms with van der Waals surface area (Å²) < 4.78 is 6.41. The normalized spacial score (nSPS) is 13.7. The third kappa shape index (κ3) is 3.59. The van der Waals surface area contributed by atoms with Crippen LogP contribution in [0.15, 0.2) is 36.9 Å². The van der Waals surface area contributed by atoms with Gasteiger partial charge < -0.3 is 4.43 Å². The monoisotopic (exact) mass is 272 g/mol. The Hall–Kier alpha value is -1.30. The molecule has 0 heterocycles. The van der Waals surface area contributed by atoms with Crippen LogP contribution in [0, 0.1) is 12.3 Å². The second kappa shape index (κ2) is 5.77. The van der Waals surface area contributed by atoms with Crippen molar-refractivity contribution in [3.05, 3.63) is 48.0 Å². The zero-order valence-corrected chi connectivity index (χ0v) is 13.7. The molecular formula is C17H24OSi. The third-order valence-electron chi connectivity index (χ3n) is 3.86. The van der Waals surface area contributed by atoms with Crippen molar-refractivity contribution in [3.8, 4) is 12.3 Å². The summed E-state index contributed by atoms with van der Waals surface area (Å²) in [5.41, 5.74) is 1.91. The fourth-order valence-corrected chi connectivity index (χ4v) is 2.82. The van der Waals surface area contributed by atoms with Crippen molar-refractivity contribution >= 4 is 8.32 Å². The Kier molecular flexibility index (Phi) is 4.79. The van der Waals surface area contributed by atoms with Crippen LogP contribution in [0.1, 0.15) is 38.0 Å². The molecule has 19 heavy (non-hydrogen) atoms. The standard InChI is InChI=1S/C17H24OSi/c1-8-14-12-10-11-13-15(14)16(9-2)18-19(6,7)17(3,4)5/h1,9-13,16H,2H2,3-7H3. The minimum Gasteiger partial charge on any atom is -0.406 e. The molecule has 2 heteroatoms. The van der Waals surface area contributed by atoms with E-state index < -0.39 is 8.32 Å². The minimum atomic E-state index is -1.85. The molecule has 1 nitrogen and oxygen atoms in total. The highest BCUT2D eigenvalue weighted by Crippen LogP contribution is 2.40. The summed E-state index contributed by atoms with van der Waals surface area (Å²) >= 11 is 0. The van der Waals surface area contributed by atoms with Crippen molar-refractivity contribution in [1.29, 1.82) is 0 Å². The van der Waals surface area contributed by atoms with E-state index in [9.17, 15) is 0 Å².